The number of carbonyl (C=O) groups excluding carboxylic acids is 3. The first-order valence-electron chi connectivity index (χ1n) is 14.0. The second-order valence-electron chi connectivity index (χ2n) is 10.3. The van der Waals surface area contributed by atoms with Gasteiger partial charge in [0, 0.05) is 49.1 Å². The summed E-state index contributed by atoms with van der Waals surface area (Å²) in [5.41, 5.74) is 17.7. The van der Waals surface area contributed by atoms with Gasteiger partial charge < -0.3 is 33.2 Å². The zero-order valence-electron chi connectivity index (χ0n) is 24.4. The number of aromatic amines is 1. The molecule has 15 heteroatoms. The Morgan fingerprint density at radius 2 is 1.81 bits per heavy atom. The summed E-state index contributed by atoms with van der Waals surface area (Å²) in [4.78, 5) is 67.9. The van der Waals surface area contributed by atoms with E-state index in [1.807, 2.05) is 6.92 Å². The molecule has 0 aliphatic rings. The molecule has 3 aromatic rings. The molecule has 0 saturated heterocycles. The van der Waals surface area contributed by atoms with Crippen LogP contribution in [0, 0.1) is 5.92 Å². The highest BCUT2D eigenvalue weighted by Gasteiger charge is 2.18. The summed E-state index contributed by atoms with van der Waals surface area (Å²) in [5, 5.41) is 8.89. The Labute approximate surface area is 248 Å². The molecular weight excluding hydrogens is 554 g/mol. The number of anilines is 2. The minimum absolute atomic E-state index is 0.0265. The van der Waals surface area contributed by atoms with E-state index in [1.165, 1.54) is 6.20 Å². The number of benzene rings is 1. The maximum Gasteiger partial charge on any atom is 0.280 e. The second-order valence-corrected chi connectivity index (χ2v) is 10.3. The molecule has 15 nitrogen and oxygen atoms in total. The quantitative estimate of drug-likeness (QED) is 0.0687. The van der Waals surface area contributed by atoms with Crippen LogP contribution in [0.15, 0.2) is 40.2 Å². The Bertz CT molecular complexity index is 1500. The summed E-state index contributed by atoms with van der Waals surface area (Å²) in [6.07, 6.45) is 3.84. The average Bonchev–Trinajstić information content (AvgIpc) is 2.96. The maximum absolute atomic E-state index is 12.5. The van der Waals surface area contributed by atoms with Gasteiger partial charge in [0.15, 0.2) is 17.1 Å². The molecule has 0 radical (unpaired) electrons. The first-order valence-corrected chi connectivity index (χ1v) is 14.0. The molecule has 0 spiro atoms. The van der Waals surface area contributed by atoms with Crippen LogP contribution in [0.1, 0.15) is 62.0 Å². The highest BCUT2D eigenvalue weighted by molar-refractivity contribution is 5.94. The van der Waals surface area contributed by atoms with E-state index in [0.717, 1.165) is 18.5 Å². The van der Waals surface area contributed by atoms with E-state index in [-0.39, 0.29) is 59.6 Å². The van der Waals surface area contributed by atoms with E-state index in [0.29, 0.717) is 37.3 Å². The van der Waals surface area contributed by atoms with Crippen molar-refractivity contribution in [3.63, 3.8) is 0 Å². The fraction of sp³-hybridized carbons (Fsp3) is 0.429. The summed E-state index contributed by atoms with van der Waals surface area (Å²) >= 11 is 0. The number of Topliss-reactive ketones (excluding diaryl/α,β-unsaturated/α-hetero) is 1. The van der Waals surface area contributed by atoms with Gasteiger partial charge in [-0.15, -0.1) is 0 Å². The van der Waals surface area contributed by atoms with Crippen molar-refractivity contribution in [2.45, 2.75) is 58.5 Å². The molecule has 0 aliphatic carbocycles. The van der Waals surface area contributed by atoms with Crippen molar-refractivity contribution >= 4 is 46.4 Å². The number of rotatable bonds is 16. The number of aliphatic imine (C=N–C) groups is 1. The molecule has 2 amide bonds. The summed E-state index contributed by atoms with van der Waals surface area (Å²) < 4.78 is 0. The Morgan fingerprint density at radius 3 is 2.53 bits per heavy atom. The second kappa shape index (κ2) is 15.8. The lowest BCUT2D eigenvalue weighted by atomic mass is 10.0. The van der Waals surface area contributed by atoms with Crippen LogP contribution in [0.25, 0.3) is 11.2 Å². The van der Waals surface area contributed by atoms with E-state index in [9.17, 15) is 19.2 Å². The third kappa shape index (κ3) is 10.7. The first-order chi connectivity index (χ1) is 20.5. The Hall–Kier alpha value is -5.08. The third-order valence-electron chi connectivity index (χ3n) is 6.48. The fourth-order valence-electron chi connectivity index (χ4n) is 4.18. The van der Waals surface area contributed by atoms with E-state index >= 15 is 0 Å². The minimum Gasteiger partial charge on any atom is -0.379 e. The van der Waals surface area contributed by atoms with Gasteiger partial charge in [-0.1, -0.05) is 6.92 Å². The number of H-pyrrole nitrogens is 1. The van der Waals surface area contributed by atoms with Crippen molar-refractivity contribution in [1.29, 1.82) is 0 Å². The highest BCUT2D eigenvalue weighted by Crippen LogP contribution is 2.12. The molecular formula is C28H39N11O4. The molecule has 2 aromatic heterocycles. The maximum atomic E-state index is 12.5. The van der Waals surface area contributed by atoms with Gasteiger partial charge in [0.2, 0.25) is 11.9 Å². The van der Waals surface area contributed by atoms with Crippen molar-refractivity contribution in [3.05, 3.63) is 52.1 Å². The summed E-state index contributed by atoms with van der Waals surface area (Å²) in [7, 11) is 0. The zero-order chi connectivity index (χ0) is 31.4. The molecule has 0 fully saturated rings. The van der Waals surface area contributed by atoms with Crippen molar-refractivity contribution in [3.8, 4) is 0 Å². The number of carbonyl (C=O) groups is 3. The van der Waals surface area contributed by atoms with Crippen molar-refractivity contribution in [2.24, 2.45) is 22.4 Å². The number of aromatic nitrogens is 4. The Balaban J connectivity index is 1.34. The monoisotopic (exact) mass is 593 g/mol. The largest absolute Gasteiger partial charge is 0.379 e. The molecule has 2 atom stereocenters. The number of nitrogens with zero attached hydrogens (tertiary/aromatic N) is 4. The number of nitrogen functional groups attached to an aromatic ring is 1. The standard InChI is InChI=1S/C28H39N11O4/c1-16(24(41)36-17(2)5-3-12-33-27(29)30)13-21(40)6-4-11-32-25(42)18-7-9-19(10-8-18)34-14-20-15-35-23-22(37-20)26(43)39-28(31)38-23/h7-10,15-17,34H,3-6,11-14H2,1-2H3,(H,32,42)(H,36,41)(H4,29,30,33)(H3,31,35,38,39,43)/t16-,17-/m0/s1. The van der Waals surface area contributed by atoms with Crippen LogP contribution in [-0.4, -0.2) is 62.6 Å². The number of nitrogens with two attached hydrogens (primary N) is 3. The molecule has 230 valence electrons. The van der Waals surface area contributed by atoms with Gasteiger partial charge in [0.05, 0.1) is 18.4 Å². The molecule has 10 N–H and O–H groups in total. The number of nitrogens with one attached hydrogen (secondary N) is 4. The smallest absolute Gasteiger partial charge is 0.280 e. The minimum atomic E-state index is -0.465. The van der Waals surface area contributed by atoms with Crippen LogP contribution in [0.3, 0.4) is 0 Å². The summed E-state index contributed by atoms with van der Waals surface area (Å²) in [5.74, 6) is -0.885. The van der Waals surface area contributed by atoms with Crippen molar-refractivity contribution < 1.29 is 14.4 Å². The van der Waals surface area contributed by atoms with Gasteiger partial charge in [0.1, 0.15) is 5.78 Å². The van der Waals surface area contributed by atoms with E-state index < -0.39 is 11.5 Å². The first kappa shape index (κ1) is 32.4. The molecule has 0 unspecified atom stereocenters. The van der Waals surface area contributed by atoms with E-state index in [2.05, 4.69) is 40.9 Å². The van der Waals surface area contributed by atoms with Gasteiger partial charge in [-0.25, -0.2) is 9.97 Å². The molecule has 1 aromatic carbocycles. The third-order valence-corrected chi connectivity index (χ3v) is 6.48. The lowest BCUT2D eigenvalue weighted by molar-refractivity contribution is -0.129. The molecule has 0 saturated carbocycles. The fourth-order valence-corrected chi connectivity index (χ4v) is 4.18. The molecule has 3 rings (SSSR count). The number of guanidine groups is 1. The predicted octanol–water partition coefficient (Wildman–Crippen LogP) is 0.571. The SMILES string of the molecule is C[C@@H](CCCN=C(N)N)NC(=O)[C@@H](C)CC(=O)CCCNC(=O)c1ccc(NCc2cnc3nc(N)[nH]c(=O)c3n2)cc1. The van der Waals surface area contributed by atoms with Crippen molar-refractivity contribution in [1.82, 2.24) is 30.6 Å². The lowest BCUT2D eigenvalue weighted by Gasteiger charge is -2.17. The van der Waals surface area contributed by atoms with Crippen LogP contribution in [0.5, 0.6) is 0 Å². The van der Waals surface area contributed by atoms with Gasteiger partial charge in [0.25, 0.3) is 11.5 Å². The predicted molar refractivity (Wildman–Crippen MR) is 164 cm³/mol. The van der Waals surface area contributed by atoms with E-state index in [4.69, 9.17) is 17.2 Å². The summed E-state index contributed by atoms with van der Waals surface area (Å²) in [6, 6.07) is 6.80. The molecule has 0 bridgehead atoms. The van der Waals surface area contributed by atoms with Crippen molar-refractivity contribution in [2.75, 3.05) is 24.1 Å². The topological polar surface area (TPSA) is 249 Å². The molecule has 2 heterocycles. The lowest BCUT2D eigenvalue weighted by Crippen LogP contribution is -2.37. The number of ketones is 1. The van der Waals surface area contributed by atoms with Gasteiger partial charge >= 0.3 is 0 Å². The zero-order valence-corrected chi connectivity index (χ0v) is 24.4. The van der Waals surface area contributed by atoms with Crippen LogP contribution >= 0.6 is 0 Å². The number of hydrogen-bond acceptors (Lipinski definition) is 10. The van der Waals surface area contributed by atoms with Crippen LogP contribution in [0.4, 0.5) is 11.6 Å². The van der Waals surface area contributed by atoms with Gasteiger partial charge in [-0.05, 0) is 50.5 Å². The van der Waals surface area contributed by atoms with Crippen LogP contribution in [-0.2, 0) is 16.1 Å². The normalized spacial score (nSPS) is 12.2. The molecule has 43 heavy (non-hydrogen) atoms. The van der Waals surface area contributed by atoms with Gasteiger partial charge in [-0.3, -0.25) is 29.2 Å². The summed E-state index contributed by atoms with van der Waals surface area (Å²) in [6.45, 7) is 4.75. The van der Waals surface area contributed by atoms with Gasteiger partial charge in [-0.2, -0.15) is 4.98 Å². The Morgan fingerprint density at radius 1 is 1.07 bits per heavy atom. The van der Waals surface area contributed by atoms with Crippen LogP contribution < -0.4 is 38.7 Å². The highest BCUT2D eigenvalue weighted by atomic mass is 16.2. The molecule has 0 aliphatic heterocycles. The number of amides is 2. The van der Waals surface area contributed by atoms with Crippen LogP contribution in [0.2, 0.25) is 0 Å². The Kier molecular flexibility index (Phi) is 11.9. The number of hydrogen-bond donors (Lipinski definition) is 7. The average molecular weight is 594 g/mol. The number of fused-ring (bicyclic) bond motifs is 1. The van der Waals surface area contributed by atoms with E-state index in [1.54, 1.807) is 31.2 Å².